The third-order valence-corrected chi connectivity index (χ3v) is 4.53. The van der Waals surface area contributed by atoms with Crippen LogP contribution in [0.15, 0.2) is 45.3 Å². The highest BCUT2D eigenvalue weighted by Crippen LogP contribution is 2.35. The summed E-state index contributed by atoms with van der Waals surface area (Å²) in [5.41, 5.74) is 1.15. The molecule has 0 aliphatic heterocycles. The van der Waals surface area contributed by atoms with Gasteiger partial charge in [0.2, 0.25) is 0 Å². The minimum Gasteiger partial charge on any atom is -0.497 e. The molecule has 3 aromatic rings. The molecule has 6 nitrogen and oxygen atoms in total. The van der Waals surface area contributed by atoms with Crippen LogP contribution in [-0.2, 0) is 4.74 Å². The van der Waals surface area contributed by atoms with E-state index in [1.54, 1.807) is 50.2 Å². The average molecular weight is 433 g/mol. The monoisotopic (exact) mass is 432 g/mol. The molecule has 0 N–H and O–H groups in total. The zero-order valence-electron chi connectivity index (χ0n) is 15.0. The molecule has 0 saturated carbocycles. The summed E-state index contributed by atoms with van der Waals surface area (Å²) < 4.78 is 21.9. The predicted octanol–water partition coefficient (Wildman–Crippen LogP) is 4.91. The molecule has 1 heterocycles. The molecule has 140 valence electrons. The Bertz CT molecular complexity index is 1020. The van der Waals surface area contributed by atoms with E-state index in [0.717, 1.165) is 0 Å². The van der Waals surface area contributed by atoms with E-state index in [4.69, 9.17) is 18.6 Å². The molecular formula is C20H17BrO6. The molecule has 0 unspecified atom stereocenters. The minimum absolute atomic E-state index is 0.249. The fraction of sp³-hybridized carbons (Fsp3) is 0.200. The highest BCUT2D eigenvalue weighted by atomic mass is 79.9. The van der Waals surface area contributed by atoms with Gasteiger partial charge in [-0.25, -0.2) is 9.59 Å². The number of ether oxygens (including phenoxy) is 3. The van der Waals surface area contributed by atoms with Gasteiger partial charge in [0.1, 0.15) is 28.4 Å². The summed E-state index contributed by atoms with van der Waals surface area (Å²) >= 11 is 3.37. The third kappa shape index (κ3) is 3.83. The lowest BCUT2D eigenvalue weighted by Gasteiger charge is -2.08. The van der Waals surface area contributed by atoms with Crippen LogP contribution >= 0.6 is 15.9 Å². The van der Waals surface area contributed by atoms with E-state index in [2.05, 4.69) is 15.9 Å². The molecule has 0 radical (unpaired) electrons. The first kappa shape index (κ1) is 19.0. The van der Waals surface area contributed by atoms with Crippen molar-refractivity contribution in [2.45, 2.75) is 13.8 Å². The lowest BCUT2D eigenvalue weighted by molar-refractivity contribution is 0.0526. The molecule has 0 saturated heterocycles. The molecule has 0 aliphatic carbocycles. The second-order valence-corrected chi connectivity index (χ2v) is 6.51. The topological polar surface area (TPSA) is 75.0 Å². The number of fused-ring (bicyclic) bond motifs is 1. The maximum atomic E-state index is 12.5. The largest absolute Gasteiger partial charge is 0.497 e. The van der Waals surface area contributed by atoms with Crippen LogP contribution in [0.25, 0.3) is 11.0 Å². The van der Waals surface area contributed by atoms with Gasteiger partial charge in [-0.2, -0.15) is 0 Å². The van der Waals surface area contributed by atoms with Crippen LogP contribution in [-0.4, -0.2) is 25.7 Å². The first-order chi connectivity index (χ1) is 12.9. The summed E-state index contributed by atoms with van der Waals surface area (Å²) in [5.74, 6) is 0.218. The van der Waals surface area contributed by atoms with Gasteiger partial charge >= 0.3 is 11.9 Å². The lowest BCUT2D eigenvalue weighted by Crippen LogP contribution is -2.09. The van der Waals surface area contributed by atoms with Gasteiger partial charge in [0.15, 0.2) is 0 Å². The molecule has 0 bridgehead atoms. The van der Waals surface area contributed by atoms with Gasteiger partial charge in [0, 0.05) is 5.39 Å². The van der Waals surface area contributed by atoms with Crippen LogP contribution < -0.4 is 9.47 Å². The molecule has 2 aromatic carbocycles. The summed E-state index contributed by atoms with van der Waals surface area (Å²) in [6, 6.07) is 9.88. The average Bonchev–Trinajstić information content (AvgIpc) is 2.96. The first-order valence-electron chi connectivity index (χ1n) is 8.20. The Balaban J connectivity index is 1.99. The number of carbonyl (C=O) groups excluding carboxylic acids is 2. The number of esters is 2. The van der Waals surface area contributed by atoms with Crippen molar-refractivity contribution in [3.8, 4) is 11.5 Å². The second-order valence-electron chi connectivity index (χ2n) is 5.65. The van der Waals surface area contributed by atoms with Gasteiger partial charge in [-0.1, -0.05) is 6.07 Å². The Kier molecular flexibility index (Phi) is 5.51. The van der Waals surface area contributed by atoms with Gasteiger partial charge in [0.25, 0.3) is 0 Å². The normalized spacial score (nSPS) is 10.7. The van der Waals surface area contributed by atoms with Crippen LogP contribution in [0, 0.1) is 6.92 Å². The van der Waals surface area contributed by atoms with Gasteiger partial charge in [-0.3, -0.25) is 0 Å². The van der Waals surface area contributed by atoms with E-state index < -0.39 is 11.9 Å². The summed E-state index contributed by atoms with van der Waals surface area (Å²) in [6.45, 7) is 3.66. The third-order valence-electron chi connectivity index (χ3n) is 3.91. The summed E-state index contributed by atoms with van der Waals surface area (Å²) in [6.07, 6.45) is 0. The van der Waals surface area contributed by atoms with Crippen molar-refractivity contribution in [3.05, 3.63) is 57.8 Å². The fourth-order valence-corrected chi connectivity index (χ4v) is 3.07. The van der Waals surface area contributed by atoms with Crippen molar-refractivity contribution in [2.24, 2.45) is 0 Å². The Morgan fingerprint density at radius 3 is 2.63 bits per heavy atom. The number of rotatable bonds is 5. The van der Waals surface area contributed by atoms with Gasteiger partial charge in [0.05, 0.1) is 23.8 Å². The molecule has 0 amide bonds. The fourth-order valence-electron chi connectivity index (χ4n) is 2.66. The van der Waals surface area contributed by atoms with Gasteiger partial charge in [-0.15, -0.1) is 0 Å². The van der Waals surface area contributed by atoms with E-state index in [0.29, 0.717) is 38.1 Å². The Hall–Kier alpha value is -2.80. The minimum atomic E-state index is -0.549. The summed E-state index contributed by atoms with van der Waals surface area (Å²) in [7, 11) is 1.52. The number of furan rings is 1. The molecule has 3 rings (SSSR count). The predicted molar refractivity (Wildman–Crippen MR) is 103 cm³/mol. The smallest absolute Gasteiger partial charge is 0.343 e. The van der Waals surface area contributed by atoms with Crippen LogP contribution in [0.5, 0.6) is 11.5 Å². The molecule has 1 aromatic heterocycles. The number of methoxy groups -OCH3 is 1. The molecule has 7 heteroatoms. The standard InChI is InChI=1S/C20H17BrO6/c1-4-25-20(23)18-11(2)26-16-10-15(21)17(9-14(16)18)27-19(22)12-6-5-7-13(8-12)24-3/h5-10H,4H2,1-3H3. The molecule has 0 spiro atoms. The van der Waals surface area contributed by atoms with Crippen molar-refractivity contribution in [3.63, 3.8) is 0 Å². The van der Waals surface area contributed by atoms with Crippen molar-refractivity contribution < 1.29 is 28.2 Å². The van der Waals surface area contributed by atoms with E-state index >= 15 is 0 Å². The number of benzene rings is 2. The number of carbonyl (C=O) groups is 2. The number of hydrogen-bond acceptors (Lipinski definition) is 6. The first-order valence-corrected chi connectivity index (χ1v) is 9.00. The van der Waals surface area contributed by atoms with Crippen molar-refractivity contribution in [2.75, 3.05) is 13.7 Å². The van der Waals surface area contributed by atoms with Crippen LogP contribution in [0.4, 0.5) is 0 Å². The molecule has 0 atom stereocenters. The maximum Gasteiger partial charge on any atom is 0.343 e. The van der Waals surface area contributed by atoms with Crippen molar-refractivity contribution in [1.29, 1.82) is 0 Å². The quantitative estimate of drug-likeness (QED) is 0.421. The van der Waals surface area contributed by atoms with Crippen molar-refractivity contribution in [1.82, 2.24) is 0 Å². The van der Waals surface area contributed by atoms with Crippen LogP contribution in [0.2, 0.25) is 0 Å². The van der Waals surface area contributed by atoms with Crippen molar-refractivity contribution >= 4 is 38.8 Å². The Morgan fingerprint density at radius 2 is 1.93 bits per heavy atom. The Morgan fingerprint density at radius 1 is 1.15 bits per heavy atom. The molecule has 27 heavy (non-hydrogen) atoms. The number of aryl methyl sites for hydroxylation is 1. The van der Waals surface area contributed by atoms with Gasteiger partial charge in [-0.05, 0) is 60.1 Å². The summed E-state index contributed by atoms with van der Waals surface area (Å²) in [5, 5.41) is 0.516. The zero-order chi connectivity index (χ0) is 19.6. The van der Waals surface area contributed by atoms with Crippen LogP contribution in [0.3, 0.4) is 0 Å². The number of hydrogen-bond donors (Lipinski definition) is 0. The van der Waals surface area contributed by atoms with E-state index in [1.165, 1.54) is 7.11 Å². The van der Waals surface area contributed by atoms with Crippen LogP contribution in [0.1, 0.15) is 33.4 Å². The Labute approximate surface area is 164 Å². The molecular weight excluding hydrogens is 416 g/mol. The van der Waals surface area contributed by atoms with Gasteiger partial charge < -0.3 is 18.6 Å². The highest BCUT2D eigenvalue weighted by molar-refractivity contribution is 9.10. The SMILES string of the molecule is CCOC(=O)c1c(C)oc2cc(Br)c(OC(=O)c3cccc(OC)c3)cc12. The lowest BCUT2D eigenvalue weighted by atomic mass is 10.1. The summed E-state index contributed by atoms with van der Waals surface area (Å²) in [4.78, 5) is 24.7. The zero-order valence-corrected chi connectivity index (χ0v) is 16.6. The second kappa shape index (κ2) is 7.84. The highest BCUT2D eigenvalue weighted by Gasteiger charge is 2.22. The van der Waals surface area contributed by atoms with E-state index in [1.807, 2.05) is 0 Å². The molecule has 0 aliphatic rings. The van der Waals surface area contributed by atoms with E-state index in [9.17, 15) is 9.59 Å². The number of halogens is 1. The maximum absolute atomic E-state index is 12.5. The van der Waals surface area contributed by atoms with E-state index in [-0.39, 0.29) is 12.4 Å². The molecule has 0 fully saturated rings.